The third-order valence-corrected chi connectivity index (χ3v) is 5.54. The lowest BCUT2D eigenvalue weighted by Gasteiger charge is -2.35. The number of urea groups is 1. The summed E-state index contributed by atoms with van der Waals surface area (Å²) in [5, 5.41) is 3.03. The van der Waals surface area contributed by atoms with Crippen molar-refractivity contribution in [3.05, 3.63) is 76.1 Å². The molecule has 1 aliphatic rings. The lowest BCUT2D eigenvalue weighted by atomic mass is 9.95. The van der Waals surface area contributed by atoms with Crippen molar-refractivity contribution in [3.63, 3.8) is 0 Å². The fourth-order valence-electron chi connectivity index (χ4n) is 3.77. The molecule has 0 bridgehead atoms. The number of hydrogen-bond acceptors (Lipinski definition) is 5. The normalized spacial score (nSPS) is 15.1. The zero-order valence-electron chi connectivity index (χ0n) is 17.3. The molecule has 2 aromatic carbocycles. The van der Waals surface area contributed by atoms with Gasteiger partial charge >= 0.3 is 12.0 Å². The Morgan fingerprint density at radius 2 is 2.06 bits per heavy atom. The van der Waals surface area contributed by atoms with Gasteiger partial charge in [-0.2, -0.15) is 0 Å². The summed E-state index contributed by atoms with van der Waals surface area (Å²) >= 11 is 5.92. The van der Waals surface area contributed by atoms with Crippen molar-refractivity contribution < 1.29 is 23.5 Å². The first-order chi connectivity index (χ1) is 15.4. The van der Waals surface area contributed by atoms with Crippen molar-refractivity contribution in [2.45, 2.75) is 12.5 Å². The Bertz CT molecular complexity index is 1180. The minimum atomic E-state index is -0.767. The summed E-state index contributed by atoms with van der Waals surface area (Å²) < 4.78 is 24.9. The highest BCUT2D eigenvalue weighted by atomic mass is 35.5. The van der Waals surface area contributed by atoms with Gasteiger partial charge in [0.25, 0.3) is 0 Å². The molecule has 1 atom stereocenters. The number of fused-ring (bicyclic) bond motifs is 1. The van der Waals surface area contributed by atoms with E-state index in [9.17, 15) is 14.0 Å². The molecule has 0 fully saturated rings. The van der Waals surface area contributed by atoms with Crippen LogP contribution in [-0.4, -0.2) is 47.6 Å². The number of esters is 1. The van der Waals surface area contributed by atoms with Gasteiger partial charge in [0.15, 0.2) is 0 Å². The van der Waals surface area contributed by atoms with Crippen molar-refractivity contribution in [1.29, 1.82) is 0 Å². The molecule has 0 radical (unpaired) electrons. The van der Waals surface area contributed by atoms with Crippen molar-refractivity contribution >= 4 is 29.3 Å². The average Bonchev–Trinajstić information content (AvgIpc) is 3.27. The molecule has 4 rings (SSSR count). The Labute approximate surface area is 188 Å². The van der Waals surface area contributed by atoms with E-state index in [0.717, 1.165) is 5.69 Å². The van der Waals surface area contributed by atoms with E-state index in [1.165, 1.54) is 43.6 Å². The van der Waals surface area contributed by atoms with Crippen LogP contribution in [0, 0.1) is 5.82 Å². The number of nitrogens with one attached hydrogen (secondary N) is 2. The van der Waals surface area contributed by atoms with Crippen molar-refractivity contribution in [2.75, 3.05) is 26.1 Å². The number of anilines is 1. The summed E-state index contributed by atoms with van der Waals surface area (Å²) in [6.45, 7) is 0.312. The number of carbonyl (C=O) groups excluding carboxylic acids is 2. The van der Waals surface area contributed by atoms with Crippen LogP contribution < -0.4 is 10.1 Å². The van der Waals surface area contributed by atoms with Gasteiger partial charge in [-0.1, -0.05) is 17.7 Å². The van der Waals surface area contributed by atoms with E-state index in [1.807, 2.05) is 0 Å². The summed E-state index contributed by atoms with van der Waals surface area (Å²) in [6, 6.07) is 7.60. The minimum absolute atomic E-state index is 0.247. The quantitative estimate of drug-likeness (QED) is 0.572. The first-order valence-electron chi connectivity index (χ1n) is 9.74. The largest absolute Gasteiger partial charge is 0.495 e. The van der Waals surface area contributed by atoms with Gasteiger partial charge in [-0.05, 0) is 30.3 Å². The summed E-state index contributed by atoms with van der Waals surface area (Å²) in [5.74, 6) is -0.734. The molecule has 10 heteroatoms. The van der Waals surface area contributed by atoms with Crippen LogP contribution in [0.2, 0.25) is 5.02 Å². The summed E-state index contributed by atoms with van der Waals surface area (Å²) in [7, 11) is 2.72. The maximum absolute atomic E-state index is 14.8. The van der Waals surface area contributed by atoms with E-state index in [1.54, 1.807) is 18.2 Å². The maximum atomic E-state index is 14.8. The van der Waals surface area contributed by atoms with Crippen LogP contribution in [0.5, 0.6) is 5.75 Å². The molecule has 0 saturated carbocycles. The number of rotatable bonds is 4. The number of imidazole rings is 1. The highest BCUT2D eigenvalue weighted by Crippen LogP contribution is 2.36. The van der Waals surface area contributed by atoms with Gasteiger partial charge in [-0.15, -0.1) is 0 Å². The molecule has 0 spiro atoms. The van der Waals surface area contributed by atoms with Crippen LogP contribution in [0.1, 0.15) is 33.4 Å². The van der Waals surface area contributed by atoms with E-state index < -0.39 is 23.9 Å². The molecular weight excluding hydrogens is 439 g/mol. The van der Waals surface area contributed by atoms with Gasteiger partial charge in [-0.25, -0.2) is 19.0 Å². The lowest BCUT2D eigenvalue weighted by molar-refractivity contribution is 0.0600. The van der Waals surface area contributed by atoms with Gasteiger partial charge in [0, 0.05) is 29.2 Å². The first kappa shape index (κ1) is 21.6. The topological polar surface area (TPSA) is 96.5 Å². The van der Waals surface area contributed by atoms with Gasteiger partial charge in [0.2, 0.25) is 0 Å². The van der Waals surface area contributed by atoms with Crippen LogP contribution in [-0.2, 0) is 11.2 Å². The Hall–Kier alpha value is -3.59. The smallest absolute Gasteiger partial charge is 0.337 e. The highest BCUT2D eigenvalue weighted by molar-refractivity contribution is 6.30. The molecule has 1 aliphatic heterocycles. The molecule has 0 aliphatic carbocycles. The van der Waals surface area contributed by atoms with Crippen LogP contribution in [0.4, 0.5) is 14.9 Å². The van der Waals surface area contributed by atoms with Gasteiger partial charge in [0.05, 0.1) is 37.5 Å². The predicted molar refractivity (Wildman–Crippen MR) is 116 cm³/mol. The zero-order valence-corrected chi connectivity index (χ0v) is 18.1. The standard InChI is InChI=1S/C22H20ClFN4O4/c1-31-18-6-3-12(21(29)32-2)9-17(18)27-22(30)28-8-7-16-19(26-11-25-16)20(28)14-5-4-13(23)10-15(14)24/h3-6,9-11,20H,7-8H2,1-2H3,(H,25,26)(H,27,30). The molecule has 1 unspecified atom stereocenters. The van der Waals surface area contributed by atoms with Crippen LogP contribution in [0.25, 0.3) is 0 Å². The second-order valence-corrected chi connectivity index (χ2v) is 7.55. The Balaban J connectivity index is 1.70. The van der Waals surface area contributed by atoms with E-state index in [-0.39, 0.29) is 21.8 Å². The van der Waals surface area contributed by atoms with Crippen LogP contribution in [0.15, 0.2) is 42.7 Å². The Morgan fingerprint density at radius 1 is 1.25 bits per heavy atom. The molecule has 166 valence electrons. The molecule has 8 nitrogen and oxygen atoms in total. The number of ether oxygens (including phenoxy) is 2. The second-order valence-electron chi connectivity index (χ2n) is 7.11. The zero-order chi connectivity index (χ0) is 22.8. The average molecular weight is 459 g/mol. The number of amides is 2. The van der Waals surface area contributed by atoms with Crippen LogP contribution >= 0.6 is 11.6 Å². The monoisotopic (exact) mass is 458 g/mol. The molecule has 2 heterocycles. The van der Waals surface area contributed by atoms with Crippen molar-refractivity contribution in [1.82, 2.24) is 14.9 Å². The molecule has 32 heavy (non-hydrogen) atoms. The van der Waals surface area contributed by atoms with Crippen LogP contribution in [0.3, 0.4) is 0 Å². The highest BCUT2D eigenvalue weighted by Gasteiger charge is 2.36. The molecule has 1 aromatic heterocycles. The Morgan fingerprint density at radius 3 is 2.78 bits per heavy atom. The third kappa shape index (κ3) is 3.99. The lowest BCUT2D eigenvalue weighted by Crippen LogP contribution is -2.43. The van der Waals surface area contributed by atoms with Gasteiger partial charge in [0.1, 0.15) is 17.6 Å². The molecule has 3 aromatic rings. The molecular formula is C22H20ClFN4O4. The Kier molecular flexibility index (Phi) is 6.00. The van der Waals surface area contributed by atoms with E-state index in [2.05, 4.69) is 15.3 Å². The van der Waals surface area contributed by atoms with E-state index in [0.29, 0.717) is 24.4 Å². The number of methoxy groups -OCH3 is 2. The number of aromatic nitrogens is 2. The summed E-state index contributed by atoms with van der Waals surface area (Å²) in [5.41, 5.74) is 2.19. The fourth-order valence-corrected chi connectivity index (χ4v) is 3.93. The summed E-state index contributed by atoms with van der Waals surface area (Å²) in [4.78, 5) is 34.1. The minimum Gasteiger partial charge on any atom is -0.495 e. The molecule has 0 saturated heterocycles. The number of benzene rings is 2. The maximum Gasteiger partial charge on any atom is 0.337 e. The fraction of sp³-hybridized carbons (Fsp3) is 0.227. The number of H-pyrrole nitrogens is 1. The molecule has 2 N–H and O–H groups in total. The third-order valence-electron chi connectivity index (χ3n) is 5.31. The number of carbonyl (C=O) groups is 2. The van der Waals surface area contributed by atoms with Crippen molar-refractivity contribution in [3.8, 4) is 5.75 Å². The molecule has 2 amide bonds. The summed E-state index contributed by atoms with van der Waals surface area (Å²) in [6.07, 6.45) is 2.05. The van der Waals surface area contributed by atoms with E-state index in [4.69, 9.17) is 21.1 Å². The SMILES string of the molecule is COC(=O)c1ccc(OC)c(NC(=O)N2CCc3[nH]cnc3C2c2ccc(Cl)cc2F)c1. The van der Waals surface area contributed by atoms with Crippen molar-refractivity contribution in [2.24, 2.45) is 0 Å². The number of halogens is 2. The second kappa shape index (κ2) is 8.88. The number of aromatic amines is 1. The van der Waals surface area contributed by atoms with Gasteiger partial charge < -0.3 is 24.7 Å². The van der Waals surface area contributed by atoms with Gasteiger partial charge in [-0.3, -0.25) is 0 Å². The number of nitrogens with zero attached hydrogens (tertiary/aromatic N) is 2. The predicted octanol–water partition coefficient (Wildman–Crippen LogP) is 4.18. The first-order valence-corrected chi connectivity index (χ1v) is 10.1. The number of hydrogen-bond donors (Lipinski definition) is 2. The van der Waals surface area contributed by atoms with E-state index >= 15 is 0 Å².